The van der Waals surface area contributed by atoms with E-state index in [4.69, 9.17) is 5.73 Å². The van der Waals surface area contributed by atoms with Crippen LogP contribution >= 0.6 is 24.8 Å². The second kappa shape index (κ2) is 5.20. The molecule has 0 spiro atoms. The van der Waals surface area contributed by atoms with Gasteiger partial charge < -0.3 is 10.6 Å². The van der Waals surface area contributed by atoms with Gasteiger partial charge in [-0.15, -0.1) is 24.8 Å². The van der Waals surface area contributed by atoms with Gasteiger partial charge in [0.25, 0.3) is 0 Å². The Balaban J connectivity index is 0. The van der Waals surface area contributed by atoms with E-state index >= 15 is 0 Å². The van der Waals surface area contributed by atoms with Crippen molar-refractivity contribution in [2.45, 2.75) is 24.8 Å². The minimum atomic E-state index is 0. The Labute approximate surface area is 81.3 Å². The van der Waals surface area contributed by atoms with Gasteiger partial charge in [0, 0.05) is 12.1 Å². The average Bonchev–Trinajstić information content (AvgIpc) is 1.60. The first-order valence-electron chi connectivity index (χ1n) is 3.56. The lowest BCUT2D eigenvalue weighted by Gasteiger charge is -2.40. The van der Waals surface area contributed by atoms with Crippen molar-refractivity contribution in [3.8, 4) is 0 Å². The molecule has 0 unspecified atom stereocenters. The SMILES string of the molecule is CN(C)CC1(N)CCC1.Cl.Cl. The van der Waals surface area contributed by atoms with Crippen molar-refractivity contribution in [3.05, 3.63) is 0 Å². The third kappa shape index (κ3) is 4.16. The number of nitrogens with zero attached hydrogens (tertiary/aromatic N) is 1. The van der Waals surface area contributed by atoms with E-state index in [1.165, 1.54) is 19.3 Å². The van der Waals surface area contributed by atoms with Crippen LogP contribution in [0.1, 0.15) is 19.3 Å². The lowest BCUT2D eigenvalue weighted by atomic mass is 9.77. The zero-order valence-corrected chi connectivity index (χ0v) is 8.80. The number of likely N-dealkylation sites (N-methyl/N-ethyl adjacent to an activating group) is 1. The summed E-state index contributed by atoms with van der Waals surface area (Å²) in [6.07, 6.45) is 3.75. The van der Waals surface area contributed by atoms with E-state index in [2.05, 4.69) is 19.0 Å². The smallest absolute Gasteiger partial charge is 0.0283 e. The molecule has 1 aliphatic carbocycles. The van der Waals surface area contributed by atoms with Crippen LogP contribution in [0.5, 0.6) is 0 Å². The Bertz CT molecular complexity index is 103. The molecule has 1 aliphatic rings. The summed E-state index contributed by atoms with van der Waals surface area (Å²) in [6.45, 7) is 1.05. The molecule has 0 atom stereocenters. The van der Waals surface area contributed by atoms with Gasteiger partial charge in [-0.25, -0.2) is 0 Å². The molecule has 0 aromatic rings. The monoisotopic (exact) mass is 200 g/mol. The topological polar surface area (TPSA) is 29.3 Å². The number of nitrogens with two attached hydrogens (primary N) is 1. The van der Waals surface area contributed by atoms with Gasteiger partial charge in [-0.1, -0.05) is 0 Å². The molecule has 0 amide bonds. The van der Waals surface area contributed by atoms with E-state index in [1.54, 1.807) is 0 Å². The third-order valence-electron chi connectivity index (χ3n) is 1.98. The molecule has 1 saturated carbocycles. The van der Waals surface area contributed by atoms with E-state index < -0.39 is 0 Å². The van der Waals surface area contributed by atoms with Gasteiger partial charge >= 0.3 is 0 Å². The maximum atomic E-state index is 5.96. The maximum absolute atomic E-state index is 5.96. The predicted molar refractivity (Wildman–Crippen MR) is 53.8 cm³/mol. The zero-order chi connectivity index (χ0) is 6.91. The summed E-state index contributed by atoms with van der Waals surface area (Å²) in [5, 5.41) is 0. The van der Waals surface area contributed by atoms with Gasteiger partial charge in [0.15, 0.2) is 0 Å². The molecule has 70 valence electrons. The van der Waals surface area contributed by atoms with Crippen LogP contribution < -0.4 is 5.73 Å². The van der Waals surface area contributed by atoms with Crippen LogP contribution in [0.4, 0.5) is 0 Å². The molecule has 0 saturated heterocycles. The highest BCUT2D eigenvalue weighted by molar-refractivity contribution is 5.85. The van der Waals surface area contributed by atoms with Crippen molar-refractivity contribution in [2.75, 3.05) is 20.6 Å². The molecule has 0 radical (unpaired) electrons. The molecule has 2 nitrogen and oxygen atoms in total. The molecule has 0 aromatic heterocycles. The lowest BCUT2D eigenvalue weighted by Crippen LogP contribution is -2.53. The van der Waals surface area contributed by atoms with Crippen LogP contribution in [-0.4, -0.2) is 31.1 Å². The first kappa shape index (κ1) is 14.0. The van der Waals surface area contributed by atoms with Crippen molar-refractivity contribution in [2.24, 2.45) is 5.73 Å². The lowest BCUT2D eigenvalue weighted by molar-refractivity contribution is 0.183. The summed E-state index contributed by atoms with van der Waals surface area (Å²) in [5.74, 6) is 0. The van der Waals surface area contributed by atoms with Gasteiger partial charge in [0.1, 0.15) is 0 Å². The first-order chi connectivity index (χ1) is 4.12. The van der Waals surface area contributed by atoms with Crippen molar-refractivity contribution in [1.82, 2.24) is 4.90 Å². The van der Waals surface area contributed by atoms with Gasteiger partial charge in [0.05, 0.1) is 0 Å². The Hall–Kier alpha value is 0.500. The number of rotatable bonds is 2. The highest BCUT2D eigenvalue weighted by atomic mass is 35.5. The van der Waals surface area contributed by atoms with Crippen molar-refractivity contribution in [3.63, 3.8) is 0 Å². The highest BCUT2D eigenvalue weighted by Crippen LogP contribution is 2.28. The largest absolute Gasteiger partial charge is 0.324 e. The highest BCUT2D eigenvalue weighted by Gasteiger charge is 2.32. The van der Waals surface area contributed by atoms with Gasteiger partial charge in [-0.2, -0.15) is 0 Å². The third-order valence-corrected chi connectivity index (χ3v) is 1.98. The fraction of sp³-hybridized carbons (Fsp3) is 1.00. The normalized spacial score (nSPS) is 19.6. The minimum absolute atomic E-state index is 0. The number of halogens is 2. The average molecular weight is 201 g/mol. The Morgan fingerprint density at radius 1 is 1.27 bits per heavy atom. The van der Waals surface area contributed by atoms with Crippen LogP contribution in [0.3, 0.4) is 0 Å². The van der Waals surface area contributed by atoms with Crippen molar-refractivity contribution in [1.29, 1.82) is 0 Å². The van der Waals surface area contributed by atoms with Crippen LogP contribution in [0.2, 0.25) is 0 Å². The van der Waals surface area contributed by atoms with Crippen molar-refractivity contribution >= 4 is 24.8 Å². The van der Waals surface area contributed by atoms with E-state index in [0.29, 0.717) is 0 Å². The van der Waals surface area contributed by atoms with E-state index in [1.807, 2.05) is 0 Å². The molecule has 11 heavy (non-hydrogen) atoms. The van der Waals surface area contributed by atoms with E-state index in [9.17, 15) is 0 Å². The molecule has 0 bridgehead atoms. The summed E-state index contributed by atoms with van der Waals surface area (Å²) >= 11 is 0. The summed E-state index contributed by atoms with van der Waals surface area (Å²) < 4.78 is 0. The summed E-state index contributed by atoms with van der Waals surface area (Å²) in [7, 11) is 4.15. The molecule has 0 heterocycles. The molecular formula is C7H18Cl2N2. The summed E-state index contributed by atoms with van der Waals surface area (Å²) in [4.78, 5) is 2.17. The molecule has 2 N–H and O–H groups in total. The van der Waals surface area contributed by atoms with E-state index in [-0.39, 0.29) is 30.4 Å². The molecule has 4 heteroatoms. The van der Waals surface area contributed by atoms with Gasteiger partial charge in [-0.05, 0) is 33.4 Å². The minimum Gasteiger partial charge on any atom is -0.324 e. The summed E-state index contributed by atoms with van der Waals surface area (Å²) in [6, 6.07) is 0. The number of hydrogen-bond acceptors (Lipinski definition) is 2. The van der Waals surface area contributed by atoms with Gasteiger partial charge in [-0.3, -0.25) is 0 Å². The zero-order valence-electron chi connectivity index (χ0n) is 7.17. The first-order valence-corrected chi connectivity index (χ1v) is 3.56. The Kier molecular flexibility index (Phi) is 6.64. The van der Waals surface area contributed by atoms with Gasteiger partial charge in [0.2, 0.25) is 0 Å². The molecule has 0 aromatic carbocycles. The van der Waals surface area contributed by atoms with E-state index in [0.717, 1.165) is 6.54 Å². The Morgan fingerprint density at radius 2 is 1.73 bits per heavy atom. The van der Waals surface area contributed by atoms with Crippen LogP contribution in [0.15, 0.2) is 0 Å². The number of hydrogen-bond donors (Lipinski definition) is 1. The second-order valence-electron chi connectivity index (χ2n) is 3.45. The fourth-order valence-electron chi connectivity index (χ4n) is 1.42. The van der Waals surface area contributed by atoms with Crippen molar-refractivity contribution < 1.29 is 0 Å². The van der Waals surface area contributed by atoms with Crippen LogP contribution in [0.25, 0.3) is 0 Å². The molecule has 1 rings (SSSR count). The predicted octanol–water partition coefficient (Wildman–Crippen LogP) is 1.27. The summed E-state index contributed by atoms with van der Waals surface area (Å²) in [5.41, 5.74) is 6.13. The maximum Gasteiger partial charge on any atom is 0.0283 e. The van der Waals surface area contributed by atoms with Crippen LogP contribution in [-0.2, 0) is 0 Å². The quantitative estimate of drug-likeness (QED) is 0.729. The molecular weight excluding hydrogens is 183 g/mol. The fourth-order valence-corrected chi connectivity index (χ4v) is 1.42. The second-order valence-corrected chi connectivity index (χ2v) is 3.45. The molecule has 1 fully saturated rings. The Morgan fingerprint density at radius 3 is 1.82 bits per heavy atom. The van der Waals surface area contributed by atoms with Crippen LogP contribution in [0, 0.1) is 0 Å². The standard InChI is InChI=1S/C7H16N2.2ClH/c1-9(2)6-7(8)4-3-5-7;;/h3-6,8H2,1-2H3;2*1H. The molecule has 0 aliphatic heterocycles.